The summed E-state index contributed by atoms with van der Waals surface area (Å²) in [7, 11) is 0. The number of aryl methyl sites for hydroxylation is 1. The van der Waals surface area contributed by atoms with Gasteiger partial charge < -0.3 is 15.6 Å². The van der Waals surface area contributed by atoms with Gasteiger partial charge in [0.2, 0.25) is 5.91 Å². The quantitative estimate of drug-likeness (QED) is 0.349. The van der Waals surface area contributed by atoms with E-state index < -0.39 is 0 Å². The molecule has 4 rings (SSSR count). The number of hydrogen-bond acceptors (Lipinski definition) is 3. The molecule has 1 aromatic heterocycles. The lowest BCUT2D eigenvalue weighted by Crippen LogP contribution is -2.22. The summed E-state index contributed by atoms with van der Waals surface area (Å²) in [4.78, 5) is 13.7. The highest BCUT2D eigenvalue weighted by Gasteiger charge is 2.16. The van der Waals surface area contributed by atoms with Crippen LogP contribution in [0, 0.1) is 0 Å². The van der Waals surface area contributed by atoms with Crippen LogP contribution >= 0.6 is 11.8 Å². The van der Waals surface area contributed by atoms with Crippen LogP contribution in [0.2, 0.25) is 0 Å². The van der Waals surface area contributed by atoms with Crippen molar-refractivity contribution < 1.29 is 4.79 Å². The van der Waals surface area contributed by atoms with Crippen LogP contribution in [-0.4, -0.2) is 15.7 Å². The number of rotatable bonds is 5. The van der Waals surface area contributed by atoms with Crippen LogP contribution in [0.3, 0.4) is 0 Å². The number of nitrogen functional groups attached to an aromatic ring is 1. The molecule has 3 N–H and O–H groups in total. The number of nitrogens with two attached hydrogens (primary N) is 1. The first-order chi connectivity index (χ1) is 13.6. The number of nitrogens with one attached hydrogen (secondary N) is 1. The first-order valence-electron chi connectivity index (χ1n) is 9.41. The maximum Gasteiger partial charge on any atom is 0.237 e. The van der Waals surface area contributed by atoms with Gasteiger partial charge in [0.25, 0.3) is 0 Å². The summed E-state index contributed by atoms with van der Waals surface area (Å²) in [6.07, 6.45) is 0. The first-order valence-corrected chi connectivity index (χ1v) is 10.3. The van der Waals surface area contributed by atoms with Crippen LogP contribution in [-0.2, 0) is 11.3 Å². The van der Waals surface area contributed by atoms with Crippen molar-refractivity contribution in [1.82, 2.24) is 4.57 Å². The van der Waals surface area contributed by atoms with E-state index in [1.165, 1.54) is 28.2 Å². The smallest absolute Gasteiger partial charge is 0.237 e. The molecule has 142 valence electrons. The molecule has 4 nitrogen and oxygen atoms in total. The molecule has 0 aliphatic carbocycles. The summed E-state index contributed by atoms with van der Waals surface area (Å²) in [5.74, 6) is -0.0135. The summed E-state index contributed by atoms with van der Waals surface area (Å²) < 4.78 is 2.30. The average Bonchev–Trinajstić information content (AvgIpc) is 3.02. The van der Waals surface area contributed by atoms with Gasteiger partial charge >= 0.3 is 0 Å². The molecule has 1 amide bonds. The maximum absolute atomic E-state index is 12.7. The Kier molecular flexibility index (Phi) is 5.01. The zero-order chi connectivity index (χ0) is 19.7. The van der Waals surface area contributed by atoms with Crippen molar-refractivity contribution in [3.63, 3.8) is 0 Å². The van der Waals surface area contributed by atoms with Gasteiger partial charge in [0.15, 0.2) is 0 Å². The minimum Gasteiger partial charge on any atom is -0.399 e. The number of para-hydroxylation sites is 1. The molecule has 1 atom stereocenters. The number of amides is 1. The number of carbonyl (C=O) groups is 1. The van der Waals surface area contributed by atoms with Crippen molar-refractivity contribution in [2.75, 3.05) is 11.1 Å². The maximum atomic E-state index is 12.7. The van der Waals surface area contributed by atoms with E-state index in [4.69, 9.17) is 5.73 Å². The molecule has 0 spiro atoms. The van der Waals surface area contributed by atoms with Crippen LogP contribution in [0.5, 0.6) is 0 Å². The summed E-state index contributed by atoms with van der Waals surface area (Å²) in [5.41, 5.74) is 9.67. The molecule has 0 bridgehead atoms. The molecular weight excluding hydrogens is 366 g/mol. The molecule has 5 heteroatoms. The Morgan fingerprint density at radius 1 is 1.04 bits per heavy atom. The SMILES string of the molecule is CCn1c2ccccc2c2cc(NC(=O)C(C)Sc3ccc(N)cc3)ccc21. The Morgan fingerprint density at radius 2 is 1.75 bits per heavy atom. The van der Waals surface area contributed by atoms with Gasteiger partial charge in [-0.3, -0.25) is 4.79 Å². The van der Waals surface area contributed by atoms with E-state index in [2.05, 4.69) is 53.2 Å². The molecule has 1 unspecified atom stereocenters. The third-order valence-electron chi connectivity index (χ3n) is 4.92. The summed E-state index contributed by atoms with van der Waals surface area (Å²) in [6.45, 7) is 4.97. The molecular formula is C23H23N3OS. The monoisotopic (exact) mass is 389 g/mol. The van der Waals surface area contributed by atoms with Gasteiger partial charge in [0, 0.05) is 44.6 Å². The van der Waals surface area contributed by atoms with E-state index in [9.17, 15) is 4.79 Å². The van der Waals surface area contributed by atoms with E-state index in [1.54, 1.807) is 0 Å². The molecule has 0 saturated carbocycles. The van der Waals surface area contributed by atoms with Crippen molar-refractivity contribution in [3.8, 4) is 0 Å². The first kappa shape index (κ1) is 18.4. The second kappa shape index (κ2) is 7.60. The molecule has 0 aliphatic heterocycles. The van der Waals surface area contributed by atoms with Crippen LogP contribution in [0.1, 0.15) is 13.8 Å². The summed E-state index contributed by atoms with van der Waals surface area (Å²) >= 11 is 1.52. The van der Waals surface area contributed by atoms with Gasteiger partial charge in [0.05, 0.1) is 5.25 Å². The second-order valence-corrected chi connectivity index (χ2v) is 8.23. The van der Waals surface area contributed by atoms with E-state index in [-0.39, 0.29) is 11.2 Å². The minimum absolute atomic E-state index is 0.0135. The van der Waals surface area contributed by atoms with Crippen molar-refractivity contribution >= 4 is 50.8 Å². The van der Waals surface area contributed by atoms with Crippen LogP contribution in [0.4, 0.5) is 11.4 Å². The Morgan fingerprint density at radius 3 is 2.50 bits per heavy atom. The van der Waals surface area contributed by atoms with Gasteiger partial charge in [-0.15, -0.1) is 11.8 Å². The van der Waals surface area contributed by atoms with Crippen LogP contribution in [0.25, 0.3) is 21.8 Å². The van der Waals surface area contributed by atoms with Gasteiger partial charge in [-0.2, -0.15) is 0 Å². The zero-order valence-electron chi connectivity index (χ0n) is 16.0. The molecule has 28 heavy (non-hydrogen) atoms. The van der Waals surface area contributed by atoms with Gasteiger partial charge in [0.1, 0.15) is 0 Å². The molecule has 1 heterocycles. The standard InChI is InChI=1S/C23H23N3OS/c1-3-26-21-7-5-4-6-19(21)20-14-17(10-13-22(20)26)25-23(27)15(2)28-18-11-8-16(24)9-12-18/h4-15H,3,24H2,1-2H3,(H,25,27). The number of benzene rings is 3. The second-order valence-electron chi connectivity index (χ2n) is 6.81. The number of fused-ring (bicyclic) bond motifs is 3. The fourth-order valence-corrected chi connectivity index (χ4v) is 4.39. The van der Waals surface area contributed by atoms with Gasteiger partial charge in [-0.1, -0.05) is 18.2 Å². The third-order valence-corrected chi connectivity index (χ3v) is 6.03. The Balaban J connectivity index is 1.58. The molecule has 0 saturated heterocycles. The highest BCUT2D eigenvalue weighted by atomic mass is 32.2. The number of hydrogen-bond donors (Lipinski definition) is 2. The highest BCUT2D eigenvalue weighted by Crippen LogP contribution is 2.31. The predicted molar refractivity (Wildman–Crippen MR) is 120 cm³/mol. The van der Waals surface area contributed by atoms with Crippen molar-refractivity contribution in [2.45, 2.75) is 30.5 Å². The third kappa shape index (κ3) is 3.45. The predicted octanol–water partition coefficient (Wildman–Crippen LogP) is 5.52. The average molecular weight is 390 g/mol. The number of carbonyl (C=O) groups excluding carboxylic acids is 1. The number of aromatic nitrogens is 1. The van der Waals surface area contributed by atoms with Crippen molar-refractivity contribution in [1.29, 1.82) is 0 Å². The largest absolute Gasteiger partial charge is 0.399 e. The Bertz CT molecular complexity index is 1150. The normalized spacial score (nSPS) is 12.4. The lowest BCUT2D eigenvalue weighted by atomic mass is 10.1. The summed E-state index contributed by atoms with van der Waals surface area (Å²) in [5, 5.41) is 5.22. The van der Waals surface area contributed by atoms with Crippen LogP contribution in [0.15, 0.2) is 71.6 Å². The number of nitrogens with zero attached hydrogens (tertiary/aromatic N) is 1. The number of thioether (sulfide) groups is 1. The molecule has 0 radical (unpaired) electrons. The van der Waals surface area contributed by atoms with Crippen molar-refractivity contribution in [3.05, 3.63) is 66.7 Å². The lowest BCUT2D eigenvalue weighted by molar-refractivity contribution is -0.115. The van der Waals surface area contributed by atoms with E-state index in [0.29, 0.717) is 0 Å². The van der Waals surface area contributed by atoms with Gasteiger partial charge in [-0.05, 0) is 62.4 Å². The fraction of sp³-hybridized carbons (Fsp3) is 0.174. The van der Waals surface area contributed by atoms with Crippen molar-refractivity contribution in [2.24, 2.45) is 0 Å². The Labute approximate surface area is 168 Å². The topological polar surface area (TPSA) is 60.0 Å². The molecule has 3 aromatic carbocycles. The van der Waals surface area contributed by atoms with Crippen LogP contribution < -0.4 is 11.1 Å². The fourth-order valence-electron chi connectivity index (χ4n) is 3.52. The Hall–Kier alpha value is -2.92. The van der Waals surface area contributed by atoms with E-state index in [0.717, 1.165) is 28.2 Å². The molecule has 4 aromatic rings. The number of anilines is 2. The molecule has 0 fully saturated rings. The van der Waals surface area contributed by atoms with E-state index in [1.807, 2.05) is 37.3 Å². The molecule has 0 aliphatic rings. The minimum atomic E-state index is -0.212. The van der Waals surface area contributed by atoms with Gasteiger partial charge in [-0.25, -0.2) is 0 Å². The zero-order valence-corrected chi connectivity index (χ0v) is 16.8. The highest BCUT2D eigenvalue weighted by molar-refractivity contribution is 8.00. The lowest BCUT2D eigenvalue weighted by Gasteiger charge is -2.12. The van der Waals surface area contributed by atoms with E-state index >= 15 is 0 Å². The summed E-state index contributed by atoms with van der Waals surface area (Å²) in [6, 6.07) is 22.1.